The first-order valence-electron chi connectivity index (χ1n) is 5.44. The maximum absolute atomic E-state index is 10.5. The lowest BCUT2D eigenvalue weighted by atomic mass is 9.63. The van der Waals surface area contributed by atoms with Gasteiger partial charge in [0.1, 0.15) is 6.29 Å². The summed E-state index contributed by atoms with van der Waals surface area (Å²) in [5, 5.41) is 0. The Morgan fingerprint density at radius 1 is 1.00 bits per heavy atom. The second-order valence-electron chi connectivity index (χ2n) is 5.55. The molecule has 0 amide bonds. The second-order valence-corrected chi connectivity index (χ2v) is 5.55. The van der Waals surface area contributed by atoms with Crippen LogP contribution in [0.4, 0.5) is 0 Å². The third-order valence-electron chi connectivity index (χ3n) is 3.56. The van der Waals surface area contributed by atoms with Crippen molar-refractivity contribution in [1.82, 2.24) is 0 Å². The lowest BCUT2D eigenvalue weighted by Crippen LogP contribution is -2.32. The van der Waals surface area contributed by atoms with E-state index in [1.165, 1.54) is 5.57 Å². The van der Waals surface area contributed by atoms with Gasteiger partial charge < -0.3 is 0 Å². The van der Waals surface area contributed by atoms with E-state index in [0.717, 1.165) is 11.9 Å². The molecule has 1 heteroatoms. The minimum atomic E-state index is -0.00875. The first-order chi connectivity index (χ1) is 6.65. The Kier molecular flexibility index (Phi) is 4.51. The Labute approximate surface area is 94.3 Å². The van der Waals surface area contributed by atoms with Gasteiger partial charge in [-0.25, -0.2) is 0 Å². The van der Waals surface area contributed by atoms with Crippen LogP contribution >= 0.6 is 0 Å². The summed E-state index contributed by atoms with van der Waals surface area (Å²) in [5.74, 6) is 0. The summed E-state index contributed by atoms with van der Waals surface area (Å²) in [6.07, 6.45) is 4.81. The lowest BCUT2D eigenvalue weighted by Gasteiger charge is -2.41. The van der Waals surface area contributed by atoms with Gasteiger partial charge in [0.15, 0.2) is 0 Å². The molecule has 0 saturated heterocycles. The van der Waals surface area contributed by atoms with E-state index in [2.05, 4.69) is 47.6 Å². The van der Waals surface area contributed by atoms with Gasteiger partial charge in [-0.1, -0.05) is 44.9 Å². The standard InChI is InChI=1S/C14H24O/c1-11(2)10-13(4,5)14(6,7)12(3)8-9-15/h8-10H,1-7H3. The summed E-state index contributed by atoms with van der Waals surface area (Å²) in [4.78, 5) is 10.5. The van der Waals surface area contributed by atoms with Crippen LogP contribution in [-0.2, 0) is 4.79 Å². The van der Waals surface area contributed by atoms with Crippen molar-refractivity contribution in [1.29, 1.82) is 0 Å². The highest BCUT2D eigenvalue weighted by Gasteiger charge is 2.36. The van der Waals surface area contributed by atoms with Crippen molar-refractivity contribution in [2.45, 2.75) is 48.5 Å². The number of aldehydes is 1. The maximum atomic E-state index is 10.5. The highest BCUT2D eigenvalue weighted by Crippen LogP contribution is 2.45. The molecule has 0 aliphatic carbocycles. The third kappa shape index (κ3) is 3.33. The smallest absolute Gasteiger partial charge is 0.142 e. The predicted molar refractivity (Wildman–Crippen MR) is 66.8 cm³/mol. The Bertz CT molecular complexity index is 286. The molecule has 0 aromatic carbocycles. The first kappa shape index (κ1) is 14.2. The number of carbonyl (C=O) groups excluding carboxylic acids is 1. The first-order valence-corrected chi connectivity index (χ1v) is 5.44. The minimum Gasteiger partial charge on any atom is -0.299 e. The number of carbonyl (C=O) groups is 1. The fourth-order valence-electron chi connectivity index (χ4n) is 1.72. The number of hydrogen-bond donors (Lipinski definition) is 0. The van der Waals surface area contributed by atoms with Gasteiger partial charge in [-0.15, -0.1) is 0 Å². The molecule has 0 aromatic heterocycles. The normalized spacial score (nSPS) is 13.7. The van der Waals surface area contributed by atoms with Crippen LogP contribution in [0, 0.1) is 10.8 Å². The molecule has 0 heterocycles. The van der Waals surface area contributed by atoms with Crippen LogP contribution in [-0.4, -0.2) is 6.29 Å². The molecule has 0 atom stereocenters. The van der Waals surface area contributed by atoms with Crippen LogP contribution in [0.3, 0.4) is 0 Å². The Morgan fingerprint density at radius 3 is 1.80 bits per heavy atom. The molecule has 0 bridgehead atoms. The number of allylic oxidation sites excluding steroid dienone is 4. The van der Waals surface area contributed by atoms with Gasteiger partial charge in [0.25, 0.3) is 0 Å². The molecular weight excluding hydrogens is 184 g/mol. The number of rotatable bonds is 4. The van der Waals surface area contributed by atoms with Crippen LogP contribution in [0.2, 0.25) is 0 Å². The summed E-state index contributed by atoms with van der Waals surface area (Å²) in [5.41, 5.74) is 2.48. The SMILES string of the molecule is CC(C)=CC(C)(C)C(C)(C)C(C)=CC=O. The molecule has 0 spiro atoms. The van der Waals surface area contributed by atoms with Crippen molar-refractivity contribution in [2.24, 2.45) is 10.8 Å². The molecule has 0 fully saturated rings. The zero-order chi connectivity index (χ0) is 12.3. The molecule has 86 valence electrons. The van der Waals surface area contributed by atoms with Crippen molar-refractivity contribution >= 4 is 6.29 Å². The van der Waals surface area contributed by atoms with Crippen molar-refractivity contribution in [3.8, 4) is 0 Å². The van der Waals surface area contributed by atoms with E-state index in [1.54, 1.807) is 6.08 Å². The molecule has 0 rings (SSSR count). The average molecular weight is 208 g/mol. The lowest BCUT2D eigenvalue weighted by molar-refractivity contribution is -0.104. The van der Waals surface area contributed by atoms with E-state index in [0.29, 0.717) is 0 Å². The summed E-state index contributed by atoms with van der Waals surface area (Å²) < 4.78 is 0. The Morgan fingerprint density at radius 2 is 1.47 bits per heavy atom. The van der Waals surface area contributed by atoms with Gasteiger partial charge in [0.2, 0.25) is 0 Å². The topological polar surface area (TPSA) is 17.1 Å². The van der Waals surface area contributed by atoms with Gasteiger partial charge in [0.05, 0.1) is 0 Å². The fourth-order valence-corrected chi connectivity index (χ4v) is 1.72. The zero-order valence-electron chi connectivity index (χ0n) is 11.1. The van der Waals surface area contributed by atoms with E-state index in [9.17, 15) is 4.79 Å². The summed E-state index contributed by atoms with van der Waals surface area (Å²) in [6.45, 7) is 15.0. The maximum Gasteiger partial charge on any atom is 0.142 e. The molecule has 15 heavy (non-hydrogen) atoms. The van der Waals surface area contributed by atoms with Crippen LogP contribution in [0.15, 0.2) is 23.3 Å². The van der Waals surface area contributed by atoms with Gasteiger partial charge in [-0.3, -0.25) is 4.79 Å². The van der Waals surface area contributed by atoms with Crippen LogP contribution in [0.1, 0.15) is 48.5 Å². The molecule has 0 N–H and O–H groups in total. The summed E-state index contributed by atoms with van der Waals surface area (Å²) >= 11 is 0. The molecule has 0 radical (unpaired) electrons. The van der Waals surface area contributed by atoms with Gasteiger partial charge in [-0.2, -0.15) is 0 Å². The van der Waals surface area contributed by atoms with Crippen LogP contribution in [0.25, 0.3) is 0 Å². The monoisotopic (exact) mass is 208 g/mol. The highest BCUT2D eigenvalue weighted by atomic mass is 16.1. The summed E-state index contributed by atoms with van der Waals surface area (Å²) in [6, 6.07) is 0. The predicted octanol–water partition coefficient (Wildman–Crippen LogP) is 4.15. The van der Waals surface area contributed by atoms with Crippen LogP contribution < -0.4 is 0 Å². The third-order valence-corrected chi connectivity index (χ3v) is 3.56. The average Bonchev–Trinajstić information content (AvgIpc) is 2.01. The van der Waals surface area contributed by atoms with Crippen molar-refractivity contribution in [3.05, 3.63) is 23.3 Å². The fraction of sp³-hybridized carbons (Fsp3) is 0.643. The molecule has 0 aromatic rings. The van der Waals surface area contributed by atoms with Crippen LogP contribution in [0.5, 0.6) is 0 Å². The molecule has 1 nitrogen and oxygen atoms in total. The van der Waals surface area contributed by atoms with Gasteiger partial charge in [0, 0.05) is 0 Å². The van der Waals surface area contributed by atoms with E-state index >= 15 is 0 Å². The molecule has 0 saturated carbocycles. The molecule has 0 aliphatic heterocycles. The van der Waals surface area contributed by atoms with Crippen molar-refractivity contribution in [2.75, 3.05) is 0 Å². The summed E-state index contributed by atoms with van der Waals surface area (Å²) in [7, 11) is 0. The van der Waals surface area contributed by atoms with Gasteiger partial charge >= 0.3 is 0 Å². The van der Waals surface area contributed by atoms with E-state index < -0.39 is 0 Å². The quantitative estimate of drug-likeness (QED) is 0.385. The largest absolute Gasteiger partial charge is 0.299 e. The molecular formula is C14H24O. The van der Waals surface area contributed by atoms with E-state index in [-0.39, 0.29) is 10.8 Å². The van der Waals surface area contributed by atoms with Crippen molar-refractivity contribution < 1.29 is 4.79 Å². The van der Waals surface area contributed by atoms with Crippen molar-refractivity contribution in [3.63, 3.8) is 0 Å². The molecule has 0 unspecified atom stereocenters. The zero-order valence-corrected chi connectivity index (χ0v) is 11.1. The Balaban J connectivity index is 5.26. The minimum absolute atomic E-state index is 0.00875. The van der Waals surface area contributed by atoms with E-state index in [1.807, 2.05) is 6.92 Å². The molecule has 0 aliphatic rings. The van der Waals surface area contributed by atoms with E-state index in [4.69, 9.17) is 0 Å². The van der Waals surface area contributed by atoms with Gasteiger partial charge in [-0.05, 0) is 37.7 Å². The number of hydrogen-bond acceptors (Lipinski definition) is 1. The highest BCUT2D eigenvalue weighted by molar-refractivity contribution is 5.66. The second kappa shape index (κ2) is 4.78. The Hall–Kier alpha value is -0.850.